The summed E-state index contributed by atoms with van der Waals surface area (Å²) in [4.78, 5) is 18.9. The average molecular weight is 277 g/mol. The molecule has 0 bridgehead atoms. The molecule has 1 aromatic heterocycles. The zero-order valence-corrected chi connectivity index (χ0v) is 12.5. The number of aryl methyl sites for hydroxylation is 1. The Morgan fingerprint density at radius 3 is 2.95 bits per heavy atom. The van der Waals surface area contributed by atoms with Gasteiger partial charge in [0.25, 0.3) is 5.91 Å². The SMILES string of the molecule is CCc1cc(C(=O)N2CCOC(CC)C2)cc(NC)n1. The van der Waals surface area contributed by atoms with E-state index in [4.69, 9.17) is 4.74 Å². The topological polar surface area (TPSA) is 54.5 Å². The zero-order valence-electron chi connectivity index (χ0n) is 12.5. The highest BCUT2D eigenvalue weighted by molar-refractivity contribution is 5.95. The monoisotopic (exact) mass is 277 g/mol. The van der Waals surface area contributed by atoms with Crippen molar-refractivity contribution in [3.05, 3.63) is 23.4 Å². The highest BCUT2D eigenvalue weighted by Crippen LogP contribution is 2.16. The summed E-state index contributed by atoms with van der Waals surface area (Å²) in [7, 11) is 1.82. The van der Waals surface area contributed by atoms with Gasteiger partial charge in [0.2, 0.25) is 0 Å². The molecule has 20 heavy (non-hydrogen) atoms. The van der Waals surface area contributed by atoms with Gasteiger partial charge in [-0.15, -0.1) is 0 Å². The fraction of sp³-hybridized carbons (Fsp3) is 0.600. The molecule has 2 rings (SSSR count). The number of rotatable bonds is 4. The molecule has 5 heteroatoms. The Bertz CT molecular complexity index is 454. The molecule has 1 N–H and O–H groups in total. The maximum absolute atomic E-state index is 12.6. The number of nitrogens with zero attached hydrogens (tertiary/aromatic N) is 2. The van der Waals surface area contributed by atoms with Gasteiger partial charge in [-0.2, -0.15) is 0 Å². The highest BCUT2D eigenvalue weighted by atomic mass is 16.5. The van der Waals surface area contributed by atoms with Crippen LogP contribution in [0.1, 0.15) is 36.3 Å². The molecule has 1 aliphatic heterocycles. The molecule has 1 amide bonds. The van der Waals surface area contributed by atoms with Crippen molar-refractivity contribution in [3.8, 4) is 0 Å². The summed E-state index contributed by atoms with van der Waals surface area (Å²) in [6.45, 7) is 6.08. The third-order valence-corrected chi connectivity index (χ3v) is 3.63. The van der Waals surface area contributed by atoms with Gasteiger partial charge in [0.15, 0.2) is 0 Å². The summed E-state index contributed by atoms with van der Waals surface area (Å²) in [5.41, 5.74) is 1.64. The van der Waals surface area contributed by atoms with Gasteiger partial charge in [0, 0.05) is 31.4 Å². The molecule has 0 spiro atoms. The van der Waals surface area contributed by atoms with Gasteiger partial charge in [-0.3, -0.25) is 4.79 Å². The van der Waals surface area contributed by atoms with E-state index in [-0.39, 0.29) is 12.0 Å². The Kier molecular flexibility index (Phi) is 4.95. The molecule has 0 aliphatic carbocycles. The van der Waals surface area contributed by atoms with Crippen molar-refractivity contribution in [2.75, 3.05) is 32.1 Å². The lowest BCUT2D eigenvalue weighted by atomic mass is 10.1. The number of amides is 1. The number of anilines is 1. The Hall–Kier alpha value is -1.62. The smallest absolute Gasteiger partial charge is 0.254 e. The highest BCUT2D eigenvalue weighted by Gasteiger charge is 2.24. The fourth-order valence-corrected chi connectivity index (χ4v) is 2.35. The predicted molar refractivity (Wildman–Crippen MR) is 79.1 cm³/mol. The quantitative estimate of drug-likeness (QED) is 0.914. The Balaban J connectivity index is 2.19. The number of ether oxygens (including phenoxy) is 1. The molecule has 5 nitrogen and oxygen atoms in total. The lowest BCUT2D eigenvalue weighted by molar-refractivity contribution is -0.0226. The maximum Gasteiger partial charge on any atom is 0.254 e. The first-order valence-electron chi connectivity index (χ1n) is 7.27. The van der Waals surface area contributed by atoms with E-state index in [0.29, 0.717) is 25.3 Å². The molecule has 0 radical (unpaired) electrons. The van der Waals surface area contributed by atoms with Gasteiger partial charge in [-0.1, -0.05) is 13.8 Å². The number of hydrogen-bond donors (Lipinski definition) is 1. The van der Waals surface area contributed by atoms with E-state index >= 15 is 0 Å². The van der Waals surface area contributed by atoms with Crippen LogP contribution in [-0.2, 0) is 11.2 Å². The largest absolute Gasteiger partial charge is 0.375 e. The predicted octanol–water partition coefficient (Wildman–Crippen LogP) is 1.94. The first-order valence-corrected chi connectivity index (χ1v) is 7.27. The van der Waals surface area contributed by atoms with E-state index in [1.54, 1.807) is 0 Å². The molecular weight excluding hydrogens is 254 g/mol. The van der Waals surface area contributed by atoms with E-state index in [1.165, 1.54) is 0 Å². The van der Waals surface area contributed by atoms with Crippen LogP contribution in [0.3, 0.4) is 0 Å². The van der Waals surface area contributed by atoms with Crippen LogP contribution in [0, 0.1) is 0 Å². The van der Waals surface area contributed by atoms with Gasteiger partial charge in [-0.25, -0.2) is 4.98 Å². The first kappa shape index (κ1) is 14.8. The van der Waals surface area contributed by atoms with Crippen LogP contribution in [0.2, 0.25) is 0 Å². The fourth-order valence-electron chi connectivity index (χ4n) is 2.35. The summed E-state index contributed by atoms with van der Waals surface area (Å²) >= 11 is 0. The zero-order chi connectivity index (χ0) is 14.5. The molecule has 1 unspecified atom stereocenters. The summed E-state index contributed by atoms with van der Waals surface area (Å²) in [5, 5.41) is 3.01. The van der Waals surface area contributed by atoms with E-state index < -0.39 is 0 Å². The van der Waals surface area contributed by atoms with Gasteiger partial charge in [0.05, 0.1) is 12.7 Å². The van der Waals surface area contributed by atoms with Gasteiger partial charge in [0.1, 0.15) is 5.82 Å². The Morgan fingerprint density at radius 2 is 2.30 bits per heavy atom. The summed E-state index contributed by atoms with van der Waals surface area (Å²) in [5.74, 6) is 0.813. The normalized spacial score (nSPS) is 18.9. The molecule has 2 heterocycles. The number of nitrogens with one attached hydrogen (secondary N) is 1. The van der Waals surface area contributed by atoms with Crippen molar-refractivity contribution in [2.45, 2.75) is 32.8 Å². The van der Waals surface area contributed by atoms with Gasteiger partial charge >= 0.3 is 0 Å². The molecule has 110 valence electrons. The van der Waals surface area contributed by atoms with Gasteiger partial charge < -0.3 is 15.0 Å². The lowest BCUT2D eigenvalue weighted by Crippen LogP contribution is -2.45. The van der Waals surface area contributed by atoms with Crippen molar-refractivity contribution < 1.29 is 9.53 Å². The molecule has 0 aromatic carbocycles. The van der Waals surface area contributed by atoms with Crippen LogP contribution in [-0.4, -0.2) is 48.6 Å². The second-order valence-corrected chi connectivity index (χ2v) is 4.99. The van der Waals surface area contributed by atoms with Crippen LogP contribution in [0.5, 0.6) is 0 Å². The minimum atomic E-state index is 0.0698. The number of carbonyl (C=O) groups is 1. The number of hydrogen-bond acceptors (Lipinski definition) is 4. The van der Waals surface area contributed by atoms with Crippen LogP contribution in [0.15, 0.2) is 12.1 Å². The van der Waals surface area contributed by atoms with Crippen molar-refractivity contribution in [1.29, 1.82) is 0 Å². The van der Waals surface area contributed by atoms with Crippen molar-refractivity contribution in [3.63, 3.8) is 0 Å². The van der Waals surface area contributed by atoms with E-state index in [0.717, 1.165) is 24.4 Å². The second-order valence-electron chi connectivity index (χ2n) is 4.99. The van der Waals surface area contributed by atoms with Crippen LogP contribution < -0.4 is 5.32 Å². The standard InChI is InChI=1S/C15H23N3O2/c1-4-12-8-11(9-14(16-3)17-12)15(19)18-6-7-20-13(5-2)10-18/h8-9,13H,4-7,10H2,1-3H3,(H,16,17). The minimum Gasteiger partial charge on any atom is -0.375 e. The molecular formula is C15H23N3O2. The van der Waals surface area contributed by atoms with E-state index in [2.05, 4.69) is 17.2 Å². The van der Waals surface area contributed by atoms with Crippen molar-refractivity contribution in [1.82, 2.24) is 9.88 Å². The third kappa shape index (κ3) is 3.28. The number of aromatic nitrogens is 1. The van der Waals surface area contributed by atoms with Crippen molar-refractivity contribution >= 4 is 11.7 Å². The summed E-state index contributed by atoms with van der Waals surface area (Å²) in [6.07, 6.45) is 1.91. The first-order chi connectivity index (χ1) is 9.67. The van der Waals surface area contributed by atoms with E-state index in [1.807, 2.05) is 31.0 Å². The Labute approximate surface area is 120 Å². The molecule has 1 fully saturated rings. The maximum atomic E-state index is 12.6. The Morgan fingerprint density at radius 1 is 1.50 bits per heavy atom. The summed E-state index contributed by atoms with van der Waals surface area (Å²) in [6, 6.07) is 3.71. The number of carbonyl (C=O) groups excluding carboxylic acids is 1. The minimum absolute atomic E-state index is 0.0698. The van der Waals surface area contributed by atoms with E-state index in [9.17, 15) is 4.79 Å². The number of morpholine rings is 1. The second kappa shape index (κ2) is 6.70. The lowest BCUT2D eigenvalue weighted by Gasteiger charge is -2.32. The van der Waals surface area contributed by atoms with Crippen LogP contribution >= 0.6 is 0 Å². The molecule has 0 saturated carbocycles. The van der Waals surface area contributed by atoms with Crippen molar-refractivity contribution in [2.24, 2.45) is 0 Å². The molecule has 1 saturated heterocycles. The number of pyridine rings is 1. The molecule has 1 aromatic rings. The van der Waals surface area contributed by atoms with Crippen LogP contribution in [0.25, 0.3) is 0 Å². The molecule has 1 aliphatic rings. The third-order valence-electron chi connectivity index (χ3n) is 3.63. The average Bonchev–Trinajstić information content (AvgIpc) is 2.53. The van der Waals surface area contributed by atoms with Crippen LogP contribution in [0.4, 0.5) is 5.82 Å². The summed E-state index contributed by atoms with van der Waals surface area (Å²) < 4.78 is 5.61. The molecule has 1 atom stereocenters. The van der Waals surface area contributed by atoms with Gasteiger partial charge in [-0.05, 0) is 25.0 Å².